The molecule has 11 heteroatoms. The Morgan fingerprint density at radius 3 is 1.98 bits per heavy atom. The summed E-state index contributed by atoms with van der Waals surface area (Å²) in [6.45, 7) is 4.63. The third-order valence-corrected chi connectivity index (χ3v) is 7.50. The number of unbranched alkanes of at least 4 members (excludes halogenated alkanes) is 8. The van der Waals surface area contributed by atoms with Gasteiger partial charge in [-0.25, -0.2) is 9.59 Å². The van der Waals surface area contributed by atoms with Crippen molar-refractivity contribution in [3.05, 3.63) is 42.0 Å². The van der Waals surface area contributed by atoms with E-state index in [0.717, 1.165) is 57.4 Å². The van der Waals surface area contributed by atoms with Crippen molar-refractivity contribution in [2.75, 3.05) is 6.61 Å². The molecule has 0 fully saturated rings. The monoisotopic (exact) mass is 633 g/mol. The van der Waals surface area contributed by atoms with Gasteiger partial charge >= 0.3 is 17.9 Å². The Labute approximate surface area is 266 Å². The maximum absolute atomic E-state index is 13.3. The number of rotatable bonds is 26. The summed E-state index contributed by atoms with van der Waals surface area (Å²) in [4.78, 5) is 60.7. The highest BCUT2D eigenvalue weighted by Crippen LogP contribution is 2.26. The topological polar surface area (TPSA) is 188 Å². The van der Waals surface area contributed by atoms with Crippen molar-refractivity contribution in [2.45, 2.75) is 122 Å². The second-order valence-corrected chi connectivity index (χ2v) is 11.5. The highest BCUT2D eigenvalue weighted by atomic mass is 16.5. The van der Waals surface area contributed by atoms with Crippen LogP contribution in [0.4, 0.5) is 0 Å². The molecule has 0 bridgehead atoms. The van der Waals surface area contributed by atoms with Crippen LogP contribution in [0.2, 0.25) is 0 Å². The van der Waals surface area contributed by atoms with Gasteiger partial charge in [0.05, 0.1) is 18.9 Å². The highest BCUT2D eigenvalue weighted by Gasteiger charge is 2.49. The molecule has 5 N–H and O–H groups in total. The molecule has 3 atom stereocenters. The fourth-order valence-electron chi connectivity index (χ4n) is 4.87. The van der Waals surface area contributed by atoms with Crippen molar-refractivity contribution in [3.63, 3.8) is 0 Å². The van der Waals surface area contributed by atoms with Crippen LogP contribution in [0.15, 0.2) is 36.4 Å². The number of aliphatic carboxylic acids is 3. The predicted octanol–water partition coefficient (Wildman–Crippen LogP) is 5.32. The van der Waals surface area contributed by atoms with Gasteiger partial charge in [0.2, 0.25) is 5.91 Å². The van der Waals surface area contributed by atoms with E-state index in [0.29, 0.717) is 43.6 Å². The van der Waals surface area contributed by atoms with Gasteiger partial charge in [-0.1, -0.05) is 76.7 Å². The summed E-state index contributed by atoms with van der Waals surface area (Å²) in [7, 11) is 0. The molecular formula is C34H51NO10. The number of carbonyl (C=O) groups is 5. The molecule has 1 rings (SSSR count). The number of ether oxygens (including phenoxy) is 1. The van der Waals surface area contributed by atoms with Gasteiger partial charge < -0.3 is 30.5 Å². The Hall–Kier alpha value is -3.73. The summed E-state index contributed by atoms with van der Waals surface area (Å²) in [6, 6.07) is 5.15. The molecule has 0 saturated heterocycles. The number of carbonyl (C=O) groups excluding carboxylic acids is 2. The Morgan fingerprint density at radius 1 is 0.844 bits per heavy atom. The van der Waals surface area contributed by atoms with E-state index in [1.165, 1.54) is 12.5 Å². The Morgan fingerprint density at radius 2 is 1.44 bits per heavy atom. The molecule has 1 amide bonds. The van der Waals surface area contributed by atoms with Crippen molar-refractivity contribution in [1.29, 1.82) is 0 Å². The number of ketones is 1. The number of benzene rings is 1. The van der Waals surface area contributed by atoms with Crippen LogP contribution in [0.1, 0.15) is 109 Å². The van der Waals surface area contributed by atoms with Gasteiger partial charge in [-0.05, 0) is 49.8 Å². The summed E-state index contributed by atoms with van der Waals surface area (Å²) in [5.74, 6) is -7.06. The minimum atomic E-state index is -3.01. The number of Topliss-reactive ketones (excluding diaryl/α,β-unsaturated/α-hetero) is 1. The van der Waals surface area contributed by atoms with Crippen molar-refractivity contribution in [3.8, 4) is 5.75 Å². The van der Waals surface area contributed by atoms with Crippen LogP contribution in [-0.2, 0) is 30.4 Å². The molecule has 11 nitrogen and oxygen atoms in total. The largest absolute Gasteiger partial charge is 0.494 e. The van der Waals surface area contributed by atoms with Crippen LogP contribution in [-0.4, -0.2) is 68.3 Å². The van der Waals surface area contributed by atoms with Gasteiger partial charge in [0.25, 0.3) is 0 Å². The third kappa shape index (κ3) is 15.7. The lowest BCUT2D eigenvalue weighted by Crippen LogP contribution is -2.55. The molecular weight excluding hydrogens is 582 g/mol. The van der Waals surface area contributed by atoms with Gasteiger partial charge in [-0.15, -0.1) is 0 Å². The number of hydrogen-bond acceptors (Lipinski definition) is 7. The molecule has 0 aliphatic heterocycles. The Bertz CT molecular complexity index is 1100. The van der Waals surface area contributed by atoms with Crippen LogP contribution < -0.4 is 10.1 Å². The van der Waals surface area contributed by atoms with E-state index in [9.17, 15) is 44.4 Å². The van der Waals surface area contributed by atoms with E-state index >= 15 is 0 Å². The van der Waals surface area contributed by atoms with Gasteiger partial charge in [-0.3, -0.25) is 14.4 Å². The SMILES string of the molecule is CCCCCCCC(=O)CCCCCC/C=C/[C@H](C(=O)N[C@@H](Cc1ccc(OCCC)cc1)C(=O)O)[C@@](O)(CC(=O)O)C(=O)O. The maximum atomic E-state index is 13.3. The summed E-state index contributed by atoms with van der Waals surface area (Å²) in [5, 5.41) is 41.9. The maximum Gasteiger partial charge on any atom is 0.337 e. The zero-order valence-corrected chi connectivity index (χ0v) is 26.7. The van der Waals surface area contributed by atoms with Gasteiger partial charge in [0.15, 0.2) is 5.60 Å². The summed E-state index contributed by atoms with van der Waals surface area (Å²) >= 11 is 0. The van der Waals surface area contributed by atoms with Gasteiger partial charge in [0, 0.05) is 19.3 Å². The fourth-order valence-corrected chi connectivity index (χ4v) is 4.87. The average Bonchev–Trinajstić information content (AvgIpc) is 2.98. The van der Waals surface area contributed by atoms with Gasteiger partial charge in [0.1, 0.15) is 17.6 Å². The van der Waals surface area contributed by atoms with E-state index < -0.39 is 47.8 Å². The number of aliphatic hydroxyl groups is 1. The quantitative estimate of drug-likeness (QED) is 0.0660. The molecule has 0 saturated carbocycles. The first kappa shape index (κ1) is 39.3. The molecule has 0 aliphatic rings. The fraction of sp³-hybridized carbons (Fsp3) is 0.618. The van der Waals surface area contributed by atoms with Crippen LogP contribution in [0, 0.1) is 5.92 Å². The minimum Gasteiger partial charge on any atom is -0.494 e. The zero-order valence-electron chi connectivity index (χ0n) is 26.7. The normalized spacial score (nSPS) is 13.9. The highest BCUT2D eigenvalue weighted by molar-refractivity contribution is 5.94. The smallest absolute Gasteiger partial charge is 0.337 e. The molecule has 0 heterocycles. The second kappa shape index (κ2) is 21.9. The van der Waals surface area contributed by atoms with Crippen LogP contribution in [0.25, 0.3) is 0 Å². The first-order valence-electron chi connectivity index (χ1n) is 16.0. The minimum absolute atomic E-state index is 0.142. The molecule has 0 radical (unpaired) electrons. The lowest BCUT2D eigenvalue weighted by atomic mass is 9.82. The van der Waals surface area contributed by atoms with E-state index in [4.69, 9.17) is 4.74 Å². The van der Waals surface area contributed by atoms with Crippen LogP contribution in [0.3, 0.4) is 0 Å². The molecule has 0 aliphatic carbocycles. The average molecular weight is 634 g/mol. The van der Waals surface area contributed by atoms with E-state index in [1.54, 1.807) is 24.3 Å². The predicted molar refractivity (Wildman–Crippen MR) is 169 cm³/mol. The first-order chi connectivity index (χ1) is 21.4. The second-order valence-electron chi connectivity index (χ2n) is 11.5. The summed E-state index contributed by atoms with van der Waals surface area (Å²) < 4.78 is 5.52. The Kier molecular flexibility index (Phi) is 19.1. The van der Waals surface area contributed by atoms with Crippen LogP contribution >= 0.6 is 0 Å². The number of allylic oxidation sites excluding steroid dienone is 1. The third-order valence-electron chi connectivity index (χ3n) is 7.50. The number of hydrogen-bond donors (Lipinski definition) is 5. The summed E-state index contributed by atoms with van der Waals surface area (Å²) in [6.07, 6.45) is 12.1. The molecule has 1 aromatic rings. The van der Waals surface area contributed by atoms with E-state index in [1.807, 2.05) is 6.92 Å². The van der Waals surface area contributed by atoms with Gasteiger partial charge in [-0.2, -0.15) is 0 Å². The van der Waals surface area contributed by atoms with Crippen molar-refractivity contribution in [1.82, 2.24) is 5.32 Å². The zero-order chi connectivity index (χ0) is 33.7. The lowest BCUT2D eigenvalue weighted by molar-refractivity contribution is -0.172. The molecule has 252 valence electrons. The van der Waals surface area contributed by atoms with E-state index in [-0.39, 0.29) is 12.2 Å². The first-order valence-corrected chi connectivity index (χ1v) is 16.0. The van der Waals surface area contributed by atoms with Crippen molar-refractivity contribution < 1.29 is 49.1 Å². The summed E-state index contributed by atoms with van der Waals surface area (Å²) in [5.41, 5.74) is -2.45. The standard InChI is InChI=1S/C34H51NO10/c1-3-5-6-9-12-15-26(36)16-13-10-7-8-11-14-17-28(34(44,33(42)43)24-30(37)38)31(39)35-29(32(40)41)23-25-18-20-27(21-19-25)45-22-4-2/h14,17-21,28-29,44H,3-13,15-16,22-24H2,1-2H3,(H,35,39)(H,37,38)(H,40,41)(H,42,43)/b17-14+/t28-,29+,34+/m1/s1. The number of amides is 1. The number of carboxylic acids is 3. The molecule has 0 aromatic heterocycles. The molecule has 0 unspecified atom stereocenters. The molecule has 1 aromatic carbocycles. The molecule has 45 heavy (non-hydrogen) atoms. The Balaban J connectivity index is 2.81. The van der Waals surface area contributed by atoms with Crippen molar-refractivity contribution in [2.24, 2.45) is 5.92 Å². The lowest BCUT2D eigenvalue weighted by Gasteiger charge is -2.29. The number of nitrogens with one attached hydrogen (secondary N) is 1. The van der Waals surface area contributed by atoms with Crippen LogP contribution in [0.5, 0.6) is 5.75 Å². The number of carboxylic acid groups (broad SMARTS) is 3. The van der Waals surface area contributed by atoms with Crippen molar-refractivity contribution >= 4 is 29.6 Å². The van der Waals surface area contributed by atoms with E-state index in [2.05, 4.69) is 12.2 Å². The molecule has 0 spiro atoms.